The number of nitrogens with two attached hydrogens (primary N) is 1. The molecule has 2 N–H and O–H groups in total. The molecule has 0 saturated heterocycles. The Bertz CT molecular complexity index is 638. The van der Waals surface area contributed by atoms with E-state index in [1.165, 1.54) is 0 Å². The number of aromatic nitrogens is 1. The van der Waals surface area contributed by atoms with Gasteiger partial charge in [0.25, 0.3) is 0 Å². The zero-order valence-electron chi connectivity index (χ0n) is 12.6. The normalized spacial score (nSPS) is 9.64. The summed E-state index contributed by atoms with van der Waals surface area (Å²) in [5.74, 6) is 1.83. The Morgan fingerprint density at radius 2 is 1.86 bits per heavy atom. The highest BCUT2D eigenvalue weighted by Gasteiger charge is 2.06. The molecule has 1 aromatic carbocycles. The highest BCUT2D eigenvalue weighted by atomic mass is 32.1. The van der Waals surface area contributed by atoms with Gasteiger partial charge in [-0.25, -0.2) is 4.98 Å². The van der Waals surface area contributed by atoms with Gasteiger partial charge < -0.3 is 15.2 Å². The molecule has 6 nitrogen and oxygen atoms in total. The molecule has 1 aromatic heterocycles. The van der Waals surface area contributed by atoms with Gasteiger partial charge in [0.2, 0.25) is 5.88 Å². The number of aryl methyl sites for hydroxylation is 1. The first-order valence-corrected chi connectivity index (χ1v) is 7.21. The summed E-state index contributed by atoms with van der Waals surface area (Å²) in [5, 5.41) is 0. The number of anilines is 1. The lowest BCUT2D eigenvalue weighted by Gasteiger charge is -2.13. The minimum Gasteiger partial charge on any atom is -0.489 e. The molecule has 22 heavy (non-hydrogen) atoms. The number of ether oxygens (including phenoxy) is 2. The van der Waals surface area contributed by atoms with Gasteiger partial charge in [0.1, 0.15) is 11.5 Å². The number of benzene rings is 1. The van der Waals surface area contributed by atoms with E-state index in [1.807, 2.05) is 32.9 Å². The number of nitrogens with zero attached hydrogens (tertiary/aromatic N) is 1. The highest BCUT2D eigenvalue weighted by Crippen LogP contribution is 2.30. The third-order valence-corrected chi connectivity index (χ3v) is 2.45. The van der Waals surface area contributed by atoms with E-state index in [0.717, 1.165) is 5.56 Å². The maximum absolute atomic E-state index is 8.29. The van der Waals surface area contributed by atoms with E-state index in [0.29, 0.717) is 23.1 Å². The van der Waals surface area contributed by atoms with Crippen molar-refractivity contribution >= 4 is 17.3 Å². The third kappa shape index (κ3) is 5.92. The molecule has 118 valence electrons. The fourth-order valence-electron chi connectivity index (χ4n) is 1.57. The third-order valence-electron chi connectivity index (χ3n) is 2.45. The molecular formula is C15H18N2O4S. The number of nitrogen functional groups attached to an aromatic ring is 1. The molecule has 0 saturated carbocycles. The molecule has 7 heteroatoms. The quantitative estimate of drug-likeness (QED) is 0.870. The van der Waals surface area contributed by atoms with Gasteiger partial charge in [-0.3, -0.25) is 0 Å². The molecule has 0 bridgehead atoms. The van der Waals surface area contributed by atoms with Crippen LogP contribution in [0.3, 0.4) is 0 Å². The Morgan fingerprint density at radius 1 is 1.18 bits per heavy atom. The van der Waals surface area contributed by atoms with E-state index >= 15 is 0 Å². The average molecular weight is 322 g/mol. The van der Waals surface area contributed by atoms with Crippen molar-refractivity contribution < 1.29 is 17.9 Å². The number of hydrogen-bond acceptors (Lipinski definition) is 6. The van der Waals surface area contributed by atoms with Crippen molar-refractivity contribution in [2.24, 2.45) is 0 Å². The molecule has 0 atom stereocenters. The van der Waals surface area contributed by atoms with Gasteiger partial charge in [-0.2, -0.15) is 8.42 Å². The lowest BCUT2D eigenvalue weighted by molar-refractivity contribution is 0.243. The summed E-state index contributed by atoms with van der Waals surface area (Å²) in [5.41, 5.74) is 7.54. The SMILES string of the molecule is Cc1ccc(Oc2ccc(N)c(OC(C)C)c2)nc1.O=S=O. The van der Waals surface area contributed by atoms with E-state index in [1.54, 1.807) is 24.4 Å². The first kappa shape index (κ1) is 17.6. The first-order valence-electron chi connectivity index (χ1n) is 6.54. The molecule has 0 aliphatic rings. The van der Waals surface area contributed by atoms with Crippen LogP contribution >= 0.6 is 0 Å². The van der Waals surface area contributed by atoms with Gasteiger partial charge in [-0.15, -0.1) is 0 Å². The molecule has 0 aliphatic heterocycles. The van der Waals surface area contributed by atoms with Crippen LogP contribution in [0.15, 0.2) is 36.5 Å². The Hall–Kier alpha value is -2.41. The highest BCUT2D eigenvalue weighted by molar-refractivity contribution is 7.51. The average Bonchev–Trinajstić information content (AvgIpc) is 2.45. The minimum absolute atomic E-state index is 0.0649. The molecule has 0 unspecified atom stereocenters. The van der Waals surface area contributed by atoms with Crippen molar-refractivity contribution in [1.82, 2.24) is 4.98 Å². The second-order valence-corrected chi connectivity index (χ2v) is 4.85. The molecule has 0 amide bonds. The number of hydrogen-bond donors (Lipinski definition) is 1. The second kappa shape index (κ2) is 8.78. The van der Waals surface area contributed by atoms with Gasteiger partial charge in [0.15, 0.2) is 0 Å². The van der Waals surface area contributed by atoms with E-state index in [4.69, 9.17) is 23.6 Å². The van der Waals surface area contributed by atoms with Crippen LogP contribution in [0.1, 0.15) is 19.4 Å². The van der Waals surface area contributed by atoms with Crippen molar-refractivity contribution in [2.75, 3.05) is 5.73 Å². The van der Waals surface area contributed by atoms with E-state index in [9.17, 15) is 0 Å². The van der Waals surface area contributed by atoms with Crippen LogP contribution in [0.4, 0.5) is 5.69 Å². The number of rotatable bonds is 4. The monoisotopic (exact) mass is 322 g/mol. The van der Waals surface area contributed by atoms with Gasteiger partial charge in [0, 0.05) is 18.3 Å². The topological polar surface area (TPSA) is 91.5 Å². The Labute approximate surface area is 132 Å². The first-order chi connectivity index (χ1) is 10.5. The van der Waals surface area contributed by atoms with Crippen molar-refractivity contribution in [2.45, 2.75) is 26.9 Å². The summed E-state index contributed by atoms with van der Waals surface area (Å²) in [6.45, 7) is 5.89. The summed E-state index contributed by atoms with van der Waals surface area (Å²) < 4.78 is 27.9. The molecule has 0 spiro atoms. The summed E-state index contributed by atoms with van der Waals surface area (Å²) in [6.07, 6.45) is 1.83. The van der Waals surface area contributed by atoms with Crippen molar-refractivity contribution in [3.63, 3.8) is 0 Å². The smallest absolute Gasteiger partial charge is 0.335 e. The van der Waals surface area contributed by atoms with Crippen molar-refractivity contribution in [3.05, 3.63) is 42.1 Å². The molecule has 2 aromatic rings. The molecule has 2 rings (SSSR count). The number of pyridine rings is 1. The van der Waals surface area contributed by atoms with Crippen LogP contribution in [0.5, 0.6) is 17.4 Å². The minimum atomic E-state index is -0.750. The fraction of sp³-hybridized carbons (Fsp3) is 0.267. The van der Waals surface area contributed by atoms with Crippen LogP contribution < -0.4 is 15.2 Å². The second-order valence-electron chi connectivity index (χ2n) is 4.71. The summed E-state index contributed by atoms with van der Waals surface area (Å²) in [7, 11) is 0. The summed E-state index contributed by atoms with van der Waals surface area (Å²) in [4.78, 5) is 4.19. The standard InChI is InChI=1S/C15H18N2O2.O2S/c1-10(2)18-14-8-12(5-6-13(14)16)19-15-7-4-11(3)9-17-15;1-3-2/h4-10H,16H2,1-3H3;. The Kier molecular flexibility index (Phi) is 7.04. The summed E-state index contributed by atoms with van der Waals surface area (Å²) in [6, 6.07) is 9.11. The maximum atomic E-state index is 8.29. The molecular weight excluding hydrogens is 304 g/mol. The van der Waals surface area contributed by atoms with E-state index in [-0.39, 0.29) is 6.10 Å². The van der Waals surface area contributed by atoms with E-state index < -0.39 is 11.6 Å². The van der Waals surface area contributed by atoms with Gasteiger partial charge in [-0.1, -0.05) is 6.07 Å². The Balaban J connectivity index is 0.000000745. The van der Waals surface area contributed by atoms with Crippen LogP contribution in [0.2, 0.25) is 0 Å². The zero-order chi connectivity index (χ0) is 16.5. The van der Waals surface area contributed by atoms with Crippen molar-refractivity contribution in [1.29, 1.82) is 0 Å². The van der Waals surface area contributed by atoms with Crippen LogP contribution in [-0.2, 0) is 11.6 Å². The largest absolute Gasteiger partial charge is 0.489 e. The zero-order valence-corrected chi connectivity index (χ0v) is 13.4. The molecule has 0 radical (unpaired) electrons. The fourth-order valence-corrected chi connectivity index (χ4v) is 1.57. The molecule has 0 aliphatic carbocycles. The van der Waals surface area contributed by atoms with Gasteiger partial charge in [0.05, 0.1) is 11.8 Å². The van der Waals surface area contributed by atoms with E-state index in [2.05, 4.69) is 4.98 Å². The predicted octanol–water partition coefficient (Wildman–Crippen LogP) is 2.88. The van der Waals surface area contributed by atoms with Crippen LogP contribution in [0, 0.1) is 6.92 Å². The maximum Gasteiger partial charge on any atom is 0.335 e. The predicted molar refractivity (Wildman–Crippen MR) is 84.6 cm³/mol. The van der Waals surface area contributed by atoms with Gasteiger partial charge in [-0.05, 0) is 38.5 Å². The lowest BCUT2D eigenvalue weighted by atomic mass is 10.2. The van der Waals surface area contributed by atoms with Crippen LogP contribution in [0.25, 0.3) is 0 Å². The molecule has 1 heterocycles. The van der Waals surface area contributed by atoms with Crippen molar-refractivity contribution in [3.8, 4) is 17.4 Å². The molecule has 0 fully saturated rings. The van der Waals surface area contributed by atoms with Gasteiger partial charge >= 0.3 is 11.6 Å². The van der Waals surface area contributed by atoms with Crippen LogP contribution in [-0.4, -0.2) is 19.5 Å². The Morgan fingerprint density at radius 3 is 2.41 bits per heavy atom. The summed E-state index contributed by atoms with van der Waals surface area (Å²) >= 11 is -0.750. The lowest BCUT2D eigenvalue weighted by Crippen LogP contribution is -2.07.